The quantitative estimate of drug-likeness (QED) is 0.337. The number of aliphatic hydroxyl groups excluding tert-OH is 1. The maximum Gasteiger partial charge on any atom is 0.416 e. The summed E-state index contributed by atoms with van der Waals surface area (Å²) in [4.78, 5) is 21.4. The highest BCUT2D eigenvalue weighted by Gasteiger charge is 2.30. The van der Waals surface area contributed by atoms with E-state index in [9.17, 15) is 23.1 Å². The van der Waals surface area contributed by atoms with E-state index in [0.29, 0.717) is 6.54 Å². The molecule has 0 aliphatic carbocycles. The molecular formula is C29H34F3N5O3. The zero-order valence-corrected chi connectivity index (χ0v) is 22.5. The molecule has 1 aromatic heterocycles. The molecule has 0 saturated carbocycles. The van der Waals surface area contributed by atoms with E-state index in [1.807, 2.05) is 38.1 Å². The number of piperazine rings is 1. The summed E-state index contributed by atoms with van der Waals surface area (Å²) in [6.45, 7) is 7.44. The van der Waals surface area contributed by atoms with Gasteiger partial charge >= 0.3 is 6.18 Å². The number of carbonyl (C=O) groups excluding carboxylic acids is 1. The van der Waals surface area contributed by atoms with Crippen LogP contribution in [0.4, 0.5) is 30.4 Å². The van der Waals surface area contributed by atoms with Crippen molar-refractivity contribution in [2.75, 3.05) is 49.5 Å². The van der Waals surface area contributed by atoms with Crippen molar-refractivity contribution < 1.29 is 27.8 Å². The summed E-state index contributed by atoms with van der Waals surface area (Å²) >= 11 is 0. The van der Waals surface area contributed by atoms with Gasteiger partial charge in [-0.3, -0.25) is 9.69 Å². The van der Waals surface area contributed by atoms with Gasteiger partial charge in [-0.2, -0.15) is 13.2 Å². The first-order valence-electron chi connectivity index (χ1n) is 13.2. The lowest BCUT2D eigenvalue weighted by Gasteiger charge is -2.37. The van der Waals surface area contributed by atoms with Gasteiger partial charge in [0.2, 0.25) is 0 Å². The van der Waals surface area contributed by atoms with Gasteiger partial charge in [0.15, 0.2) is 0 Å². The number of aromatic nitrogens is 1. The molecule has 1 aliphatic heterocycles. The molecule has 4 rings (SSSR count). The second kappa shape index (κ2) is 13.0. The Morgan fingerprint density at radius 3 is 2.52 bits per heavy atom. The second-order valence-electron chi connectivity index (χ2n) is 9.89. The molecule has 2 heterocycles. The number of pyridine rings is 1. The highest BCUT2D eigenvalue weighted by Crippen LogP contribution is 2.32. The van der Waals surface area contributed by atoms with Crippen molar-refractivity contribution >= 4 is 23.1 Å². The first-order chi connectivity index (χ1) is 19.1. The summed E-state index contributed by atoms with van der Waals surface area (Å²) in [5.74, 6) is 0.478. The Labute approximate surface area is 231 Å². The van der Waals surface area contributed by atoms with Gasteiger partial charge in [0.1, 0.15) is 11.6 Å². The minimum atomic E-state index is -4.49. The van der Waals surface area contributed by atoms with Crippen LogP contribution in [0, 0.1) is 0 Å². The first kappa shape index (κ1) is 29.2. The largest absolute Gasteiger partial charge is 0.489 e. The standard InChI is InChI=1S/C29H34F3N5O3/c1-20(2)40-26-11-4-3-10-25(26)37-15-13-36(14-16-37)19-23(38)18-34-28(39)24-9-6-12-33-27(24)35-22-8-5-7-21(17-22)29(30,31)32/h3-12,17,20,23,38H,13-16,18-19H2,1-2H3,(H,33,35)(H,34,39). The summed E-state index contributed by atoms with van der Waals surface area (Å²) in [6, 6.07) is 15.7. The predicted molar refractivity (Wildman–Crippen MR) is 148 cm³/mol. The molecule has 0 bridgehead atoms. The summed E-state index contributed by atoms with van der Waals surface area (Å²) < 4.78 is 45.2. The summed E-state index contributed by atoms with van der Waals surface area (Å²) in [6.07, 6.45) is -3.78. The fraction of sp³-hybridized carbons (Fsp3) is 0.379. The minimum absolute atomic E-state index is 0.0159. The average molecular weight is 558 g/mol. The Morgan fingerprint density at radius 1 is 1.05 bits per heavy atom. The number of rotatable bonds is 10. The number of nitrogens with zero attached hydrogens (tertiary/aromatic N) is 3. The van der Waals surface area contributed by atoms with Gasteiger partial charge in [-0.25, -0.2) is 4.98 Å². The molecule has 40 heavy (non-hydrogen) atoms. The van der Waals surface area contributed by atoms with E-state index in [1.54, 1.807) is 6.07 Å². The van der Waals surface area contributed by atoms with Crippen molar-refractivity contribution in [3.8, 4) is 5.75 Å². The number of benzene rings is 2. The Hall–Kier alpha value is -3.83. The number of hydrogen-bond donors (Lipinski definition) is 3. The Morgan fingerprint density at radius 2 is 1.80 bits per heavy atom. The van der Waals surface area contributed by atoms with Crippen LogP contribution in [0.15, 0.2) is 66.9 Å². The van der Waals surface area contributed by atoms with Crippen LogP contribution in [0.1, 0.15) is 29.8 Å². The number of nitrogens with one attached hydrogen (secondary N) is 2. The Kier molecular flexibility index (Phi) is 9.49. The van der Waals surface area contributed by atoms with Gasteiger partial charge in [-0.1, -0.05) is 18.2 Å². The van der Waals surface area contributed by atoms with Gasteiger partial charge in [-0.15, -0.1) is 0 Å². The number of alkyl halides is 3. The number of para-hydroxylation sites is 2. The maximum atomic E-state index is 13.1. The third-order valence-corrected chi connectivity index (χ3v) is 6.41. The SMILES string of the molecule is CC(C)Oc1ccccc1N1CCN(CC(O)CNC(=O)c2cccnc2Nc2cccc(C(F)(F)F)c2)CC1. The molecule has 1 fully saturated rings. The molecule has 11 heteroatoms. The van der Waals surface area contributed by atoms with Crippen molar-refractivity contribution in [3.05, 3.63) is 78.0 Å². The van der Waals surface area contributed by atoms with Gasteiger partial charge < -0.3 is 25.4 Å². The topological polar surface area (TPSA) is 90.0 Å². The number of aliphatic hydroxyl groups is 1. The molecule has 214 valence electrons. The number of ether oxygens (including phenoxy) is 1. The van der Waals surface area contributed by atoms with E-state index in [0.717, 1.165) is 49.7 Å². The molecule has 8 nitrogen and oxygen atoms in total. The molecule has 0 spiro atoms. The van der Waals surface area contributed by atoms with Crippen LogP contribution in [0.25, 0.3) is 0 Å². The first-order valence-corrected chi connectivity index (χ1v) is 13.2. The fourth-order valence-corrected chi connectivity index (χ4v) is 4.51. The van der Waals surface area contributed by atoms with Crippen LogP contribution < -0.4 is 20.3 Å². The van der Waals surface area contributed by atoms with E-state index in [2.05, 4.69) is 25.4 Å². The smallest absolute Gasteiger partial charge is 0.416 e. The van der Waals surface area contributed by atoms with Crippen molar-refractivity contribution in [1.29, 1.82) is 0 Å². The van der Waals surface area contributed by atoms with Crippen molar-refractivity contribution in [3.63, 3.8) is 0 Å². The number of anilines is 3. The predicted octanol–water partition coefficient (Wildman–Crippen LogP) is 4.54. The van der Waals surface area contributed by atoms with E-state index in [-0.39, 0.29) is 29.7 Å². The average Bonchev–Trinajstić information content (AvgIpc) is 2.92. The molecule has 1 unspecified atom stereocenters. The monoisotopic (exact) mass is 557 g/mol. The minimum Gasteiger partial charge on any atom is -0.489 e. The van der Waals surface area contributed by atoms with Crippen molar-refractivity contribution in [2.24, 2.45) is 0 Å². The normalized spacial score (nSPS) is 15.1. The number of halogens is 3. The summed E-state index contributed by atoms with van der Waals surface area (Å²) in [5, 5.41) is 16.1. The zero-order chi connectivity index (χ0) is 28.7. The van der Waals surface area contributed by atoms with E-state index in [4.69, 9.17) is 4.74 Å². The molecule has 1 amide bonds. The van der Waals surface area contributed by atoms with Crippen LogP contribution in [-0.4, -0.2) is 72.4 Å². The third kappa shape index (κ3) is 7.86. The molecule has 1 atom stereocenters. The zero-order valence-electron chi connectivity index (χ0n) is 22.5. The Bertz CT molecular complexity index is 1280. The second-order valence-corrected chi connectivity index (χ2v) is 9.89. The molecule has 1 aliphatic rings. The molecular weight excluding hydrogens is 523 g/mol. The lowest BCUT2D eigenvalue weighted by Crippen LogP contribution is -2.50. The van der Waals surface area contributed by atoms with E-state index >= 15 is 0 Å². The number of β-amino-alcohol motifs (C(OH)–C–C–N with tert-alkyl or cyclic N) is 1. The Balaban J connectivity index is 1.28. The van der Waals surface area contributed by atoms with Gasteiger partial charge in [-0.05, 0) is 56.3 Å². The van der Waals surface area contributed by atoms with Gasteiger partial charge in [0.25, 0.3) is 5.91 Å². The van der Waals surface area contributed by atoms with E-state index in [1.165, 1.54) is 24.4 Å². The molecule has 0 radical (unpaired) electrons. The molecule has 1 saturated heterocycles. The number of hydrogen-bond acceptors (Lipinski definition) is 7. The van der Waals surface area contributed by atoms with Crippen LogP contribution in [-0.2, 0) is 6.18 Å². The van der Waals surface area contributed by atoms with Crippen LogP contribution in [0.3, 0.4) is 0 Å². The highest BCUT2D eigenvalue weighted by molar-refractivity contribution is 5.99. The molecule has 2 aromatic carbocycles. The summed E-state index contributed by atoms with van der Waals surface area (Å²) in [5.41, 5.74) is 0.550. The highest BCUT2D eigenvalue weighted by atomic mass is 19.4. The summed E-state index contributed by atoms with van der Waals surface area (Å²) in [7, 11) is 0. The van der Waals surface area contributed by atoms with Gasteiger partial charge in [0.05, 0.1) is 29.0 Å². The number of amides is 1. The van der Waals surface area contributed by atoms with Crippen molar-refractivity contribution in [2.45, 2.75) is 32.2 Å². The fourth-order valence-electron chi connectivity index (χ4n) is 4.51. The third-order valence-electron chi connectivity index (χ3n) is 6.41. The number of carbonyl (C=O) groups is 1. The molecule has 3 aromatic rings. The lowest BCUT2D eigenvalue weighted by atomic mass is 10.1. The maximum absolute atomic E-state index is 13.1. The van der Waals surface area contributed by atoms with Gasteiger partial charge in [0, 0.05) is 51.2 Å². The van der Waals surface area contributed by atoms with E-state index < -0.39 is 23.8 Å². The lowest BCUT2D eigenvalue weighted by molar-refractivity contribution is -0.137. The van der Waals surface area contributed by atoms with Crippen LogP contribution in [0.5, 0.6) is 5.75 Å². The molecule has 3 N–H and O–H groups in total. The van der Waals surface area contributed by atoms with Crippen LogP contribution in [0.2, 0.25) is 0 Å². The van der Waals surface area contributed by atoms with Crippen molar-refractivity contribution in [1.82, 2.24) is 15.2 Å². The van der Waals surface area contributed by atoms with Crippen LogP contribution >= 0.6 is 0 Å².